The molecule has 29 heavy (non-hydrogen) atoms. The molecule has 2 aromatic carbocycles. The fourth-order valence-corrected chi connectivity index (χ4v) is 5.38. The van der Waals surface area contributed by atoms with Gasteiger partial charge < -0.3 is 9.64 Å². The van der Waals surface area contributed by atoms with Crippen LogP contribution in [0.3, 0.4) is 0 Å². The largest absolute Gasteiger partial charge is 0.495 e. The van der Waals surface area contributed by atoms with Crippen molar-refractivity contribution in [3.63, 3.8) is 0 Å². The van der Waals surface area contributed by atoms with Crippen LogP contribution in [0.4, 0.5) is 5.69 Å². The molecule has 1 aliphatic heterocycles. The minimum Gasteiger partial charge on any atom is -0.495 e. The van der Waals surface area contributed by atoms with Crippen LogP contribution in [0.15, 0.2) is 48.5 Å². The zero-order chi connectivity index (χ0) is 20.2. The van der Waals surface area contributed by atoms with Gasteiger partial charge in [-0.2, -0.15) is 0 Å². The summed E-state index contributed by atoms with van der Waals surface area (Å²) in [5.41, 5.74) is 4.41. The Kier molecular flexibility index (Phi) is 6.44. The van der Waals surface area contributed by atoms with Gasteiger partial charge >= 0.3 is 0 Å². The molecule has 0 unspecified atom stereocenters. The first-order valence-corrected chi connectivity index (χ1v) is 11.4. The van der Waals surface area contributed by atoms with Crippen LogP contribution in [-0.2, 0) is 0 Å². The van der Waals surface area contributed by atoms with Crippen LogP contribution in [0.2, 0.25) is 0 Å². The van der Waals surface area contributed by atoms with Gasteiger partial charge in [-0.3, -0.25) is 4.90 Å². The lowest BCUT2D eigenvalue weighted by atomic mass is 9.78. The highest BCUT2D eigenvalue weighted by atomic mass is 16.5. The summed E-state index contributed by atoms with van der Waals surface area (Å²) < 4.78 is 5.57. The first-order valence-electron chi connectivity index (χ1n) is 11.4. The number of ether oxygens (including phenoxy) is 1. The third kappa shape index (κ3) is 4.45. The molecule has 0 atom stereocenters. The quantitative estimate of drug-likeness (QED) is 0.652. The molecular weight excluding hydrogens is 356 g/mol. The standard InChI is InChI=1S/C26H36N2O/c1-20(2)23-8-4-5-9-24(23)21-12-14-22(15-13-21)27-16-18-28(19-17-27)25-10-6-7-11-26(25)29-3/h4-11,20-22H,12-19H2,1-3H3/t21-,22-. The molecular formula is C26H36N2O. The van der Waals surface area contributed by atoms with E-state index in [1.807, 2.05) is 0 Å². The molecule has 0 radical (unpaired) electrons. The summed E-state index contributed by atoms with van der Waals surface area (Å²) in [4.78, 5) is 5.23. The van der Waals surface area contributed by atoms with Crippen molar-refractivity contribution >= 4 is 5.69 Å². The van der Waals surface area contributed by atoms with Gasteiger partial charge in [0.2, 0.25) is 0 Å². The Bertz CT molecular complexity index is 787. The second-order valence-electron chi connectivity index (χ2n) is 8.98. The minimum atomic E-state index is 0.618. The smallest absolute Gasteiger partial charge is 0.142 e. The summed E-state index contributed by atoms with van der Waals surface area (Å²) in [6.07, 6.45) is 5.35. The highest BCUT2D eigenvalue weighted by Crippen LogP contribution is 2.38. The molecule has 1 aliphatic carbocycles. The van der Waals surface area contributed by atoms with E-state index in [4.69, 9.17) is 4.74 Å². The van der Waals surface area contributed by atoms with E-state index >= 15 is 0 Å². The van der Waals surface area contributed by atoms with Gasteiger partial charge in [0, 0.05) is 32.2 Å². The first-order chi connectivity index (χ1) is 14.2. The van der Waals surface area contributed by atoms with E-state index in [9.17, 15) is 0 Å². The van der Waals surface area contributed by atoms with Crippen molar-refractivity contribution in [3.05, 3.63) is 59.7 Å². The van der Waals surface area contributed by atoms with Crippen LogP contribution >= 0.6 is 0 Å². The summed E-state index contributed by atoms with van der Waals surface area (Å²) in [6, 6.07) is 18.3. The second kappa shape index (κ2) is 9.21. The molecule has 1 saturated carbocycles. The maximum Gasteiger partial charge on any atom is 0.142 e. The van der Waals surface area contributed by atoms with Crippen molar-refractivity contribution in [1.29, 1.82) is 0 Å². The van der Waals surface area contributed by atoms with Gasteiger partial charge in [-0.15, -0.1) is 0 Å². The third-order valence-electron chi connectivity index (χ3n) is 7.01. The Morgan fingerprint density at radius 1 is 0.828 bits per heavy atom. The number of anilines is 1. The summed E-state index contributed by atoms with van der Waals surface area (Å²) in [5, 5.41) is 0. The monoisotopic (exact) mass is 392 g/mol. The number of para-hydroxylation sites is 2. The molecule has 2 aliphatic rings. The number of piperazine rings is 1. The lowest BCUT2D eigenvalue weighted by molar-refractivity contribution is 0.141. The Morgan fingerprint density at radius 3 is 2.17 bits per heavy atom. The fraction of sp³-hybridized carbons (Fsp3) is 0.538. The Labute approximate surface area is 176 Å². The van der Waals surface area contributed by atoms with Crippen LogP contribution in [0.25, 0.3) is 0 Å². The van der Waals surface area contributed by atoms with Crippen molar-refractivity contribution in [2.45, 2.75) is 57.4 Å². The summed E-state index contributed by atoms with van der Waals surface area (Å²) >= 11 is 0. The number of hydrogen-bond donors (Lipinski definition) is 0. The van der Waals surface area contributed by atoms with Gasteiger partial charge in [-0.1, -0.05) is 50.2 Å². The van der Waals surface area contributed by atoms with Gasteiger partial charge in [-0.25, -0.2) is 0 Å². The average Bonchev–Trinajstić information content (AvgIpc) is 2.79. The Hall–Kier alpha value is -2.00. The molecule has 0 aromatic heterocycles. The van der Waals surface area contributed by atoms with Gasteiger partial charge in [0.1, 0.15) is 5.75 Å². The van der Waals surface area contributed by atoms with Crippen LogP contribution in [-0.4, -0.2) is 44.2 Å². The molecule has 3 nitrogen and oxygen atoms in total. The summed E-state index contributed by atoms with van der Waals surface area (Å²) in [5.74, 6) is 2.36. The van der Waals surface area contributed by atoms with Crippen molar-refractivity contribution < 1.29 is 4.74 Å². The zero-order valence-electron chi connectivity index (χ0n) is 18.3. The highest BCUT2D eigenvalue weighted by Gasteiger charge is 2.30. The normalized spacial score (nSPS) is 23.4. The second-order valence-corrected chi connectivity index (χ2v) is 8.98. The predicted molar refractivity (Wildman–Crippen MR) is 122 cm³/mol. The maximum atomic E-state index is 5.57. The molecule has 0 bridgehead atoms. The molecule has 3 heteroatoms. The average molecular weight is 393 g/mol. The molecule has 4 rings (SSSR count). The van der Waals surface area contributed by atoms with Gasteiger partial charge in [0.05, 0.1) is 12.8 Å². The van der Waals surface area contributed by atoms with Gasteiger partial charge in [-0.05, 0) is 60.8 Å². The molecule has 0 N–H and O–H groups in total. The Balaban J connectivity index is 1.33. The molecule has 0 amide bonds. The number of nitrogens with zero attached hydrogens (tertiary/aromatic N) is 2. The third-order valence-corrected chi connectivity index (χ3v) is 7.01. The lowest BCUT2D eigenvalue weighted by Crippen LogP contribution is -2.51. The molecule has 156 valence electrons. The van der Waals surface area contributed by atoms with Crippen LogP contribution in [0, 0.1) is 0 Å². The van der Waals surface area contributed by atoms with Gasteiger partial charge in [0.25, 0.3) is 0 Å². The predicted octanol–water partition coefficient (Wildman–Crippen LogP) is 5.67. The Morgan fingerprint density at radius 2 is 1.48 bits per heavy atom. The molecule has 1 heterocycles. The van der Waals surface area contributed by atoms with Gasteiger partial charge in [0.15, 0.2) is 0 Å². The number of methoxy groups -OCH3 is 1. The highest BCUT2D eigenvalue weighted by molar-refractivity contribution is 5.58. The molecule has 1 saturated heterocycles. The van der Waals surface area contributed by atoms with Crippen molar-refractivity contribution in [2.24, 2.45) is 0 Å². The van der Waals surface area contributed by atoms with E-state index in [0.29, 0.717) is 5.92 Å². The molecule has 2 fully saturated rings. The molecule has 0 spiro atoms. The fourth-order valence-electron chi connectivity index (χ4n) is 5.38. The maximum absolute atomic E-state index is 5.57. The lowest BCUT2D eigenvalue weighted by Gasteiger charge is -2.43. The van der Waals surface area contributed by atoms with Crippen molar-refractivity contribution in [2.75, 3.05) is 38.2 Å². The van der Waals surface area contributed by atoms with E-state index in [-0.39, 0.29) is 0 Å². The van der Waals surface area contributed by atoms with Crippen LogP contribution in [0.1, 0.15) is 62.5 Å². The summed E-state index contributed by atoms with van der Waals surface area (Å²) in [7, 11) is 1.77. The number of hydrogen-bond acceptors (Lipinski definition) is 3. The molecule has 2 aromatic rings. The van der Waals surface area contributed by atoms with E-state index in [2.05, 4.69) is 72.2 Å². The zero-order valence-corrected chi connectivity index (χ0v) is 18.3. The number of benzene rings is 2. The topological polar surface area (TPSA) is 15.7 Å². The first kappa shape index (κ1) is 20.3. The van der Waals surface area contributed by atoms with Crippen LogP contribution < -0.4 is 9.64 Å². The van der Waals surface area contributed by atoms with Crippen molar-refractivity contribution in [1.82, 2.24) is 4.90 Å². The van der Waals surface area contributed by atoms with Crippen LogP contribution in [0.5, 0.6) is 5.75 Å². The minimum absolute atomic E-state index is 0.618. The van der Waals surface area contributed by atoms with E-state index in [0.717, 1.165) is 43.9 Å². The van der Waals surface area contributed by atoms with E-state index in [1.54, 1.807) is 18.2 Å². The van der Waals surface area contributed by atoms with Crippen molar-refractivity contribution in [3.8, 4) is 5.75 Å². The summed E-state index contributed by atoms with van der Waals surface area (Å²) in [6.45, 7) is 9.16. The SMILES string of the molecule is COc1ccccc1N1CCN([C@H]2CC[C@H](c3ccccc3C(C)C)CC2)CC1. The van der Waals surface area contributed by atoms with E-state index < -0.39 is 0 Å². The van der Waals surface area contributed by atoms with E-state index in [1.165, 1.54) is 31.4 Å². The number of rotatable bonds is 5.